The fourth-order valence-electron chi connectivity index (χ4n) is 5.94. The van der Waals surface area contributed by atoms with Crippen LogP contribution in [0.2, 0.25) is 0 Å². The molecule has 0 aromatic carbocycles. The highest BCUT2D eigenvalue weighted by Crippen LogP contribution is 2.22. The number of thiol groups is 11. The van der Waals surface area contributed by atoms with Gasteiger partial charge in [0.15, 0.2) is 0 Å². The second kappa shape index (κ2) is 97.6. The molecule has 0 aromatic rings. The molecule has 0 radical (unpaired) electrons. The quantitative estimate of drug-likeness (QED) is 0.0160. The van der Waals surface area contributed by atoms with E-state index in [2.05, 4.69) is 199 Å². The lowest BCUT2D eigenvalue weighted by Crippen LogP contribution is -2.23. The molecule has 0 heterocycles. The smallest absolute Gasteiger partial charge is 0.307 e. The Balaban J connectivity index is -0.0000000953. The van der Waals surface area contributed by atoms with Gasteiger partial charge in [-0.15, -0.1) is 6.58 Å². The van der Waals surface area contributed by atoms with Gasteiger partial charge >= 0.3 is 11.9 Å². The molecule has 0 N–H and O–H groups in total. The normalized spacial score (nSPS) is 12.2. The molecule has 2 fully saturated rings. The predicted molar refractivity (Wildman–Crippen MR) is 398 cm³/mol. The van der Waals surface area contributed by atoms with Gasteiger partial charge in [-0.1, -0.05) is 196 Å². The highest BCUT2D eigenvalue weighted by atomic mass is 32.1. The lowest BCUT2D eigenvalue weighted by molar-refractivity contribution is -0.154. The van der Waals surface area contributed by atoms with Gasteiger partial charge in [0.25, 0.3) is 0 Å². The number of unbranched alkanes of at least 4 members (excludes halogenated alkanes) is 17. The number of methoxy groups -OCH3 is 1. The molecular formula is C62H136O4S11. The number of esters is 2. The van der Waals surface area contributed by atoms with Crippen LogP contribution in [0.4, 0.5) is 0 Å². The molecule has 4 nitrogen and oxygen atoms in total. The molecule has 0 aliphatic heterocycles. The predicted octanol–water partition coefficient (Wildman–Crippen LogP) is 22.6. The zero-order valence-corrected chi connectivity index (χ0v) is 62.3. The fraction of sp³-hybridized carbons (Fsp3) is 0.935. The third-order valence-electron chi connectivity index (χ3n) is 10.6. The first kappa shape index (κ1) is 98.6. The van der Waals surface area contributed by atoms with Gasteiger partial charge in [-0.25, -0.2) is 0 Å². The molecule has 0 unspecified atom stereocenters. The average molecular weight is 1300 g/mol. The van der Waals surface area contributed by atoms with Gasteiger partial charge in [0.2, 0.25) is 0 Å². The summed E-state index contributed by atoms with van der Waals surface area (Å²) in [5.41, 5.74) is -0.361. The van der Waals surface area contributed by atoms with Crippen LogP contribution in [0.5, 0.6) is 0 Å². The van der Waals surface area contributed by atoms with Gasteiger partial charge in [-0.2, -0.15) is 139 Å². The summed E-state index contributed by atoms with van der Waals surface area (Å²) < 4.78 is 9.29. The van der Waals surface area contributed by atoms with Crippen LogP contribution in [0.3, 0.4) is 0 Å². The van der Waals surface area contributed by atoms with E-state index in [9.17, 15) is 9.59 Å². The van der Waals surface area contributed by atoms with Crippen molar-refractivity contribution < 1.29 is 19.1 Å². The summed E-state index contributed by atoms with van der Waals surface area (Å²) in [6.45, 7) is 24.4. The van der Waals surface area contributed by atoms with Crippen molar-refractivity contribution in [1.29, 1.82) is 0 Å². The zero-order chi connectivity index (χ0) is 60.9. The Morgan fingerprint density at radius 1 is 0.455 bits per heavy atom. The van der Waals surface area contributed by atoms with E-state index in [-0.39, 0.29) is 17.5 Å². The average Bonchev–Trinajstić information content (AvgIpc) is 3.89. The summed E-state index contributed by atoms with van der Waals surface area (Å²) in [6.07, 6.45) is 46.1. The molecule has 0 amide bonds. The van der Waals surface area contributed by atoms with Gasteiger partial charge in [0.05, 0.1) is 20.0 Å². The van der Waals surface area contributed by atoms with Crippen LogP contribution in [0, 0.1) is 5.92 Å². The molecule has 0 saturated heterocycles. The Kier molecular flexibility index (Phi) is 125. The number of carbonyl (C=O) groups excluding carboxylic acids is 2. The van der Waals surface area contributed by atoms with E-state index in [1.54, 1.807) is 6.08 Å². The van der Waals surface area contributed by atoms with E-state index in [4.69, 9.17) is 4.74 Å². The standard InChI is InChI=1S/C10H22S.C7H14O2S.C7H16S.C6H12S.C6H14S.C5H10S.2C5H12S.C4H8O2S.C4H10S.C3H6S/c1-2-3-4-5-6-7-8-9-10-11;1-7(2,3)9-6(8)4-5-10;1-2-3-4-5-6-7-8;7-6-4-2-1-3-5-6;1-2-3-4-5-6-7;6-5-3-1-2-4-5;1-5(2)3-4-6;1-2-3-4-5-6;1-6-4(5)2-3-7;1-2-3-4-5;1-2-3-4/h11H,2-10H2,1H3;10H,4-5H2,1-3H3;8H,2-7H2,1H3;6-7H,1-5H2;7H,2-6H2,1H3;5-6H,1-4H2;5-6H,3-4H2,1-2H3;6H,2-5H2,1H3;7H,2-3H2,1H3;5H,2-4H2,1H3;2,4H,1,3H2. The van der Waals surface area contributed by atoms with E-state index in [0.29, 0.717) is 24.3 Å². The van der Waals surface area contributed by atoms with Crippen molar-refractivity contribution in [3.8, 4) is 0 Å². The molecule has 0 bridgehead atoms. The second-order valence-electron chi connectivity index (χ2n) is 20.3. The summed E-state index contributed by atoms with van der Waals surface area (Å²) in [4.78, 5) is 20.9. The maximum Gasteiger partial charge on any atom is 0.307 e. The van der Waals surface area contributed by atoms with Gasteiger partial charge in [0.1, 0.15) is 5.60 Å². The first-order valence-corrected chi connectivity index (χ1v) is 37.3. The minimum absolute atomic E-state index is 0.178. The lowest BCUT2D eigenvalue weighted by Gasteiger charge is -2.18. The van der Waals surface area contributed by atoms with Crippen LogP contribution in [0.15, 0.2) is 12.7 Å². The number of hydrogen-bond acceptors (Lipinski definition) is 15. The van der Waals surface area contributed by atoms with Crippen LogP contribution in [-0.4, -0.2) is 86.9 Å². The Morgan fingerprint density at radius 2 is 0.727 bits per heavy atom. The topological polar surface area (TPSA) is 52.6 Å². The first-order valence-electron chi connectivity index (χ1n) is 30.5. The van der Waals surface area contributed by atoms with Crippen molar-refractivity contribution in [3.05, 3.63) is 12.7 Å². The molecule has 2 saturated carbocycles. The number of ether oxygens (including phenoxy) is 2. The maximum atomic E-state index is 10.8. The molecular weight excluding hydrogens is 1160 g/mol. The van der Waals surface area contributed by atoms with Crippen LogP contribution < -0.4 is 0 Å². The number of rotatable bonds is 29. The molecule has 77 heavy (non-hydrogen) atoms. The molecule has 2 aliphatic carbocycles. The summed E-state index contributed by atoms with van der Waals surface area (Å²) in [5.74, 6) is 8.63. The van der Waals surface area contributed by atoms with E-state index >= 15 is 0 Å². The van der Waals surface area contributed by atoms with Gasteiger partial charge in [-0.3, -0.25) is 9.59 Å². The Morgan fingerprint density at radius 3 is 0.896 bits per heavy atom. The molecule has 474 valence electrons. The molecule has 2 rings (SSSR count). The largest absolute Gasteiger partial charge is 0.469 e. The van der Waals surface area contributed by atoms with Crippen molar-refractivity contribution in [1.82, 2.24) is 0 Å². The van der Waals surface area contributed by atoms with E-state index < -0.39 is 0 Å². The summed E-state index contributed by atoms with van der Waals surface area (Å²) in [5, 5.41) is 1.47. The second-order valence-corrected chi connectivity index (χ2v) is 25.7. The van der Waals surface area contributed by atoms with Crippen molar-refractivity contribution >= 4 is 151 Å². The third-order valence-corrected chi connectivity index (χ3v) is 14.2. The van der Waals surface area contributed by atoms with E-state index in [1.807, 2.05) is 20.8 Å². The van der Waals surface area contributed by atoms with Crippen molar-refractivity contribution in [2.75, 3.05) is 58.9 Å². The molecule has 0 aromatic heterocycles. The van der Waals surface area contributed by atoms with Crippen LogP contribution in [0.25, 0.3) is 0 Å². The number of hydrogen-bond donors (Lipinski definition) is 11. The minimum Gasteiger partial charge on any atom is -0.469 e. The first-order chi connectivity index (χ1) is 36.8. The molecule has 15 heteroatoms. The Labute approximate surface area is 546 Å². The van der Waals surface area contributed by atoms with Crippen LogP contribution in [-0.2, 0) is 19.1 Å². The zero-order valence-electron chi connectivity index (χ0n) is 52.5. The molecule has 0 atom stereocenters. The maximum absolute atomic E-state index is 10.8. The monoisotopic (exact) mass is 1300 g/mol. The Bertz CT molecular complexity index is 944. The molecule has 2 aliphatic rings. The fourth-order valence-corrected chi connectivity index (χ4v) is 8.76. The summed E-state index contributed by atoms with van der Waals surface area (Å²) >= 11 is 44.7. The third kappa shape index (κ3) is 144. The van der Waals surface area contributed by atoms with E-state index in [1.165, 1.54) is 213 Å². The highest BCUT2D eigenvalue weighted by Gasteiger charge is 2.15. The highest BCUT2D eigenvalue weighted by molar-refractivity contribution is 7.82. The summed E-state index contributed by atoms with van der Waals surface area (Å²) in [7, 11) is 1.37. The van der Waals surface area contributed by atoms with Gasteiger partial charge in [0, 0.05) is 27.8 Å². The molecule has 0 spiro atoms. The van der Waals surface area contributed by atoms with Gasteiger partial charge < -0.3 is 9.47 Å². The Hall–Kier alpha value is 2.53. The summed E-state index contributed by atoms with van der Waals surface area (Å²) in [6, 6.07) is 0. The van der Waals surface area contributed by atoms with Crippen molar-refractivity contribution in [2.45, 2.75) is 304 Å². The van der Waals surface area contributed by atoms with Crippen molar-refractivity contribution in [3.63, 3.8) is 0 Å². The van der Waals surface area contributed by atoms with E-state index in [0.717, 1.165) is 56.7 Å². The lowest BCUT2D eigenvalue weighted by atomic mass is 10.0. The number of carbonyl (C=O) groups is 2. The SMILES string of the molecule is C=CCS.CC(C)(C)OC(=O)CCS.CC(C)CCS.CCCCCCCCCCS.CCCCCCCS.CCCCCCS.CCCCCS.CCCCS.COC(=O)CCS.SC1CCCC1.SC1CCCCC1. The minimum atomic E-state index is -0.361. The van der Waals surface area contributed by atoms with Crippen molar-refractivity contribution in [2.24, 2.45) is 5.92 Å². The van der Waals surface area contributed by atoms with Crippen LogP contribution >= 0.6 is 139 Å². The van der Waals surface area contributed by atoms with Crippen LogP contribution in [0.1, 0.15) is 288 Å². The van der Waals surface area contributed by atoms with Gasteiger partial charge in [-0.05, 0) is 125 Å².